The molecular weight excluding hydrogens is 407 g/mol. The molecule has 1 aromatic heterocycles. The van der Waals surface area contributed by atoms with Crippen LogP contribution in [-0.2, 0) is 22.3 Å². The lowest BCUT2D eigenvalue weighted by molar-refractivity contribution is 0.00578. The highest BCUT2D eigenvalue weighted by Crippen LogP contribution is 2.51. The van der Waals surface area contributed by atoms with Crippen LogP contribution in [0.5, 0.6) is 11.5 Å². The van der Waals surface area contributed by atoms with Crippen molar-refractivity contribution in [2.45, 2.75) is 71.0 Å². The molecule has 1 saturated heterocycles. The van der Waals surface area contributed by atoms with Crippen molar-refractivity contribution < 1.29 is 18.8 Å². The monoisotopic (exact) mass is 440 g/mol. The molecule has 8 heteroatoms. The SMILES string of the molecule is COc1ccc(-c2cc(=O)n3c(n2)CC(C)C(C)(B2OC(C)(C)C(C)(C)O2)C3)cc1OC. The number of nitrogens with zero attached hydrogens (tertiary/aromatic N) is 2. The third-order valence-electron chi connectivity index (χ3n) is 7.67. The molecule has 0 radical (unpaired) electrons. The average Bonchev–Trinajstić information content (AvgIpc) is 2.96. The molecule has 0 aliphatic carbocycles. The quantitative estimate of drug-likeness (QED) is 0.670. The Morgan fingerprint density at radius 2 is 1.66 bits per heavy atom. The van der Waals surface area contributed by atoms with Crippen molar-refractivity contribution in [1.29, 1.82) is 0 Å². The van der Waals surface area contributed by atoms with E-state index in [1.54, 1.807) is 24.9 Å². The van der Waals surface area contributed by atoms with E-state index in [1.807, 2.05) is 18.2 Å². The fourth-order valence-electron chi connectivity index (χ4n) is 4.44. The van der Waals surface area contributed by atoms with Gasteiger partial charge in [0.1, 0.15) is 5.82 Å². The summed E-state index contributed by atoms with van der Waals surface area (Å²) < 4.78 is 25.3. The lowest BCUT2D eigenvalue weighted by Crippen LogP contribution is -2.48. The van der Waals surface area contributed by atoms with E-state index >= 15 is 0 Å². The fraction of sp³-hybridized carbons (Fsp3) is 0.583. The topological polar surface area (TPSA) is 71.8 Å². The van der Waals surface area contributed by atoms with Crippen LogP contribution in [0, 0.1) is 5.92 Å². The molecule has 3 heterocycles. The predicted molar refractivity (Wildman–Crippen MR) is 124 cm³/mol. The molecule has 0 bridgehead atoms. The van der Waals surface area contributed by atoms with Crippen LogP contribution in [0.4, 0.5) is 0 Å². The van der Waals surface area contributed by atoms with Gasteiger partial charge in [0.15, 0.2) is 11.5 Å². The molecule has 1 aromatic carbocycles. The zero-order chi connectivity index (χ0) is 23.5. The highest BCUT2D eigenvalue weighted by molar-refractivity contribution is 6.49. The first-order valence-corrected chi connectivity index (χ1v) is 11.1. The van der Waals surface area contributed by atoms with Gasteiger partial charge in [0.2, 0.25) is 0 Å². The number of hydrogen-bond donors (Lipinski definition) is 0. The molecule has 1 fully saturated rings. The van der Waals surface area contributed by atoms with Gasteiger partial charge in [0.05, 0.1) is 31.1 Å². The first kappa shape index (κ1) is 22.9. The summed E-state index contributed by atoms with van der Waals surface area (Å²) in [5.41, 5.74) is 0.542. The fourth-order valence-corrected chi connectivity index (χ4v) is 4.44. The number of fused-ring (bicyclic) bond motifs is 1. The average molecular weight is 440 g/mol. The molecule has 0 N–H and O–H groups in total. The zero-order valence-electron chi connectivity index (χ0n) is 20.3. The van der Waals surface area contributed by atoms with Crippen LogP contribution in [0.1, 0.15) is 47.4 Å². The van der Waals surface area contributed by atoms with Crippen molar-refractivity contribution in [2.24, 2.45) is 5.92 Å². The maximum atomic E-state index is 13.2. The number of ether oxygens (including phenoxy) is 2. The standard InChI is InChI=1S/C24H33BN2O5/c1-15-11-20-26-17(16-9-10-18(29-7)19(12-16)30-8)13-21(28)27(20)14-24(15,6)25-31-22(2,3)23(4,5)32-25/h9-10,12-13,15H,11,14H2,1-8H3. The largest absolute Gasteiger partial charge is 0.493 e. The number of methoxy groups -OCH3 is 2. The van der Waals surface area contributed by atoms with E-state index in [-0.39, 0.29) is 16.8 Å². The van der Waals surface area contributed by atoms with Gasteiger partial charge in [-0.15, -0.1) is 0 Å². The summed E-state index contributed by atoms with van der Waals surface area (Å²) in [6.07, 6.45) is 0.664. The Kier molecular flexibility index (Phi) is 5.45. The van der Waals surface area contributed by atoms with Crippen molar-refractivity contribution >= 4 is 7.12 Å². The van der Waals surface area contributed by atoms with E-state index in [4.69, 9.17) is 23.8 Å². The van der Waals surface area contributed by atoms with Crippen LogP contribution in [0.25, 0.3) is 11.3 Å². The van der Waals surface area contributed by atoms with Gasteiger partial charge in [0.25, 0.3) is 5.56 Å². The van der Waals surface area contributed by atoms with E-state index < -0.39 is 18.3 Å². The Balaban J connectivity index is 1.69. The molecule has 0 saturated carbocycles. The Hall–Kier alpha value is -2.32. The van der Waals surface area contributed by atoms with E-state index in [9.17, 15) is 4.79 Å². The van der Waals surface area contributed by atoms with Crippen LogP contribution in [0.2, 0.25) is 5.31 Å². The van der Waals surface area contributed by atoms with Crippen LogP contribution in [0.15, 0.2) is 29.1 Å². The summed E-state index contributed by atoms with van der Waals surface area (Å²) in [5.74, 6) is 2.23. The van der Waals surface area contributed by atoms with Gasteiger partial charge >= 0.3 is 7.12 Å². The van der Waals surface area contributed by atoms with Crippen molar-refractivity contribution in [3.8, 4) is 22.8 Å². The molecule has 2 aliphatic heterocycles. The molecule has 0 amide bonds. The van der Waals surface area contributed by atoms with E-state index in [0.29, 0.717) is 30.2 Å². The van der Waals surface area contributed by atoms with E-state index in [1.165, 1.54) is 0 Å². The van der Waals surface area contributed by atoms with Crippen molar-refractivity contribution in [2.75, 3.05) is 14.2 Å². The summed E-state index contributed by atoms with van der Waals surface area (Å²) in [6.45, 7) is 13.1. The summed E-state index contributed by atoms with van der Waals surface area (Å²) in [6, 6.07) is 7.15. The molecule has 2 aromatic rings. The van der Waals surface area contributed by atoms with Crippen LogP contribution in [0.3, 0.4) is 0 Å². The molecule has 172 valence electrons. The van der Waals surface area contributed by atoms with Crippen LogP contribution >= 0.6 is 0 Å². The third-order valence-corrected chi connectivity index (χ3v) is 7.67. The van der Waals surface area contributed by atoms with Crippen LogP contribution in [-0.4, -0.2) is 42.1 Å². The molecular formula is C24H33BN2O5. The van der Waals surface area contributed by atoms with E-state index in [2.05, 4.69) is 41.5 Å². The molecule has 2 aliphatic rings. The summed E-state index contributed by atoms with van der Waals surface area (Å²) >= 11 is 0. The normalized spacial score (nSPS) is 26.0. The first-order valence-electron chi connectivity index (χ1n) is 11.1. The molecule has 32 heavy (non-hydrogen) atoms. The Morgan fingerprint density at radius 3 is 2.25 bits per heavy atom. The minimum atomic E-state index is -0.416. The van der Waals surface area contributed by atoms with E-state index in [0.717, 1.165) is 11.4 Å². The number of rotatable bonds is 4. The Bertz CT molecular complexity index is 1080. The summed E-state index contributed by atoms with van der Waals surface area (Å²) in [4.78, 5) is 18.0. The van der Waals surface area contributed by atoms with Gasteiger partial charge < -0.3 is 18.8 Å². The maximum absolute atomic E-state index is 13.2. The highest BCUT2D eigenvalue weighted by atomic mass is 16.7. The second-order valence-corrected chi connectivity index (χ2v) is 10.3. The molecule has 2 unspecified atom stereocenters. The minimum Gasteiger partial charge on any atom is -0.493 e. The van der Waals surface area contributed by atoms with Crippen molar-refractivity contribution in [3.63, 3.8) is 0 Å². The van der Waals surface area contributed by atoms with Gasteiger partial charge in [-0.3, -0.25) is 9.36 Å². The highest BCUT2D eigenvalue weighted by Gasteiger charge is 2.60. The number of benzene rings is 1. The van der Waals surface area contributed by atoms with Gasteiger partial charge in [-0.2, -0.15) is 0 Å². The van der Waals surface area contributed by atoms with Gasteiger partial charge in [-0.05, 0) is 51.8 Å². The number of hydrogen-bond acceptors (Lipinski definition) is 6. The van der Waals surface area contributed by atoms with Crippen LogP contribution < -0.4 is 15.0 Å². The summed E-state index contributed by atoms with van der Waals surface area (Å²) in [5, 5.41) is -0.353. The smallest absolute Gasteiger partial charge is 0.466 e. The minimum absolute atomic E-state index is 0.0746. The molecule has 0 spiro atoms. The van der Waals surface area contributed by atoms with Gasteiger partial charge in [-0.25, -0.2) is 4.98 Å². The number of aromatic nitrogens is 2. The van der Waals surface area contributed by atoms with Crippen molar-refractivity contribution in [3.05, 3.63) is 40.4 Å². The maximum Gasteiger partial charge on any atom is 0.466 e. The Morgan fingerprint density at radius 1 is 1.03 bits per heavy atom. The second kappa shape index (κ2) is 7.63. The zero-order valence-corrected chi connectivity index (χ0v) is 20.3. The molecule has 4 rings (SSSR count). The molecule has 2 atom stereocenters. The van der Waals surface area contributed by atoms with Gasteiger partial charge in [0, 0.05) is 29.9 Å². The van der Waals surface area contributed by atoms with Gasteiger partial charge in [-0.1, -0.05) is 13.8 Å². The lowest BCUT2D eigenvalue weighted by Gasteiger charge is -2.41. The third kappa shape index (κ3) is 3.53. The second-order valence-electron chi connectivity index (χ2n) is 10.3. The predicted octanol–water partition coefficient (Wildman–Crippen LogP) is 3.97. The Labute approximate surface area is 190 Å². The van der Waals surface area contributed by atoms with Crippen molar-refractivity contribution in [1.82, 2.24) is 9.55 Å². The summed E-state index contributed by atoms with van der Waals surface area (Å²) in [7, 11) is 2.79. The molecule has 7 nitrogen and oxygen atoms in total. The first-order chi connectivity index (χ1) is 14.9. The lowest BCUT2D eigenvalue weighted by atomic mass is 9.51.